The highest BCUT2D eigenvalue weighted by atomic mass is 14.1. The highest BCUT2D eigenvalue weighted by Crippen LogP contribution is 2.28. The van der Waals surface area contributed by atoms with E-state index in [9.17, 15) is 0 Å². The molecular formula is C36H32. The van der Waals surface area contributed by atoms with Crippen molar-refractivity contribution in [2.24, 2.45) is 0 Å². The molecule has 0 bridgehead atoms. The van der Waals surface area contributed by atoms with Crippen LogP contribution in [0.1, 0.15) is 22.3 Å². The Morgan fingerprint density at radius 1 is 0.333 bits per heavy atom. The molecule has 6 aromatic carbocycles. The van der Waals surface area contributed by atoms with Crippen LogP contribution in [-0.2, 0) is 0 Å². The SMILES string of the molecule is Cc1cc(C)cc(-c2ccc3ccccc3c2)c1.Cc1ccc(C)c(-c2ccc3ccccc3c2)c1. The molecule has 0 heterocycles. The van der Waals surface area contributed by atoms with E-state index in [1.54, 1.807) is 0 Å². The fourth-order valence-electron chi connectivity index (χ4n) is 4.91. The van der Waals surface area contributed by atoms with E-state index in [1.165, 1.54) is 66.1 Å². The summed E-state index contributed by atoms with van der Waals surface area (Å²) in [6.07, 6.45) is 0. The van der Waals surface area contributed by atoms with Crippen molar-refractivity contribution in [1.29, 1.82) is 0 Å². The van der Waals surface area contributed by atoms with E-state index in [0.29, 0.717) is 0 Å². The molecule has 0 atom stereocenters. The molecule has 36 heavy (non-hydrogen) atoms. The maximum absolute atomic E-state index is 2.27. The molecule has 0 heteroatoms. The number of benzene rings is 6. The minimum atomic E-state index is 1.29. The number of rotatable bonds is 2. The second-order valence-electron chi connectivity index (χ2n) is 9.82. The van der Waals surface area contributed by atoms with Gasteiger partial charge in [-0.1, -0.05) is 126 Å². The van der Waals surface area contributed by atoms with E-state index >= 15 is 0 Å². The average molecular weight is 465 g/mol. The van der Waals surface area contributed by atoms with E-state index < -0.39 is 0 Å². The molecule has 0 fully saturated rings. The number of fused-ring (bicyclic) bond motifs is 2. The molecule has 6 rings (SSSR count). The molecule has 0 saturated carbocycles. The van der Waals surface area contributed by atoms with Gasteiger partial charge in [0.1, 0.15) is 0 Å². The lowest BCUT2D eigenvalue weighted by Gasteiger charge is -2.08. The first-order chi connectivity index (χ1) is 17.5. The highest BCUT2D eigenvalue weighted by molar-refractivity contribution is 5.88. The Labute approximate surface area is 214 Å². The molecular weight excluding hydrogens is 432 g/mol. The molecule has 0 aromatic heterocycles. The zero-order chi connectivity index (χ0) is 25.1. The standard InChI is InChI=1S/2C18H16/c1-13-9-14(2)11-18(10-13)17-8-7-15-5-3-4-6-16(15)12-17;1-13-7-8-14(2)18(11-13)17-10-9-15-5-3-4-6-16(15)12-17/h2*3-12H,1-2H3. The van der Waals surface area contributed by atoms with Crippen molar-refractivity contribution in [2.45, 2.75) is 27.7 Å². The minimum Gasteiger partial charge on any atom is -0.0616 e. The summed E-state index contributed by atoms with van der Waals surface area (Å²) in [5, 5.41) is 5.20. The van der Waals surface area contributed by atoms with Gasteiger partial charge in [-0.2, -0.15) is 0 Å². The lowest BCUT2D eigenvalue weighted by atomic mass is 9.96. The summed E-state index contributed by atoms with van der Waals surface area (Å²) in [5.74, 6) is 0. The molecule has 0 saturated heterocycles. The van der Waals surface area contributed by atoms with Crippen molar-refractivity contribution in [1.82, 2.24) is 0 Å². The number of hydrogen-bond acceptors (Lipinski definition) is 0. The largest absolute Gasteiger partial charge is 0.0616 e. The van der Waals surface area contributed by atoms with E-state index in [4.69, 9.17) is 0 Å². The smallest absolute Gasteiger partial charge is 0.0152 e. The zero-order valence-electron chi connectivity index (χ0n) is 21.5. The van der Waals surface area contributed by atoms with Gasteiger partial charge < -0.3 is 0 Å². The fourth-order valence-corrected chi connectivity index (χ4v) is 4.91. The summed E-state index contributed by atoms with van der Waals surface area (Å²) < 4.78 is 0. The van der Waals surface area contributed by atoms with Crippen LogP contribution in [0.4, 0.5) is 0 Å². The van der Waals surface area contributed by atoms with Gasteiger partial charge in [-0.25, -0.2) is 0 Å². The van der Waals surface area contributed by atoms with Crippen molar-refractivity contribution >= 4 is 21.5 Å². The van der Waals surface area contributed by atoms with E-state index in [-0.39, 0.29) is 0 Å². The van der Waals surface area contributed by atoms with Gasteiger partial charge >= 0.3 is 0 Å². The summed E-state index contributed by atoms with van der Waals surface area (Å²) in [6.45, 7) is 8.61. The third-order valence-corrected chi connectivity index (χ3v) is 6.76. The van der Waals surface area contributed by atoms with Gasteiger partial charge in [0.05, 0.1) is 0 Å². The molecule has 0 aliphatic rings. The first-order valence-electron chi connectivity index (χ1n) is 12.6. The van der Waals surface area contributed by atoms with Crippen LogP contribution in [-0.4, -0.2) is 0 Å². The van der Waals surface area contributed by atoms with Crippen LogP contribution in [0.3, 0.4) is 0 Å². The van der Waals surface area contributed by atoms with Gasteiger partial charge in [-0.3, -0.25) is 0 Å². The fraction of sp³-hybridized carbons (Fsp3) is 0.111. The molecule has 0 spiro atoms. The molecule has 0 unspecified atom stereocenters. The van der Waals surface area contributed by atoms with Crippen LogP contribution < -0.4 is 0 Å². The molecule has 0 amide bonds. The Balaban J connectivity index is 0.000000148. The predicted octanol–water partition coefficient (Wildman–Crippen LogP) is 10.2. The van der Waals surface area contributed by atoms with E-state index in [0.717, 1.165) is 0 Å². The van der Waals surface area contributed by atoms with E-state index in [2.05, 4.69) is 149 Å². The molecule has 0 N–H and O–H groups in total. The second kappa shape index (κ2) is 10.2. The van der Waals surface area contributed by atoms with Crippen molar-refractivity contribution < 1.29 is 0 Å². The van der Waals surface area contributed by atoms with Crippen LogP contribution in [0, 0.1) is 27.7 Å². The monoisotopic (exact) mass is 464 g/mol. The topological polar surface area (TPSA) is 0 Å². The molecule has 0 aliphatic heterocycles. The lowest BCUT2D eigenvalue weighted by molar-refractivity contribution is 1.38. The van der Waals surface area contributed by atoms with Gasteiger partial charge in [0.2, 0.25) is 0 Å². The van der Waals surface area contributed by atoms with Gasteiger partial charge in [0.15, 0.2) is 0 Å². The summed E-state index contributed by atoms with van der Waals surface area (Å²) in [4.78, 5) is 0. The quantitative estimate of drug-likeness (QED) is 0.239. The first-order valence-corrected chi connectivity index (χ1v) is 12.6. The number of hydrogen-bond donors (Lipinski definition) is 0. The highest BCUT2D eigenvalue weighted by Gasteiger charge is 2.04. The summed E-state index contributed by atoms with van der Waals surface area (Å²) in [6, 6.07) is 43.7. The van der Waals surface area contributed by atoms with Gasteiger partial charge in [-0.15, -0.1) is 0 Å². The molecule has 0 aliphatic carbocycles. The molecule has 0 nitrogen and oxygen atoms in total. The van der Waals surface area contributed by atoms with Crippen LogP contribution in [0.2, 0.25) is 0 Å². The molecule has 6 aromatic rings. The van der Waals surface area contributed by atoms with Crippen LogP contribution >= 0.6 is 0 Å². The third-order valence-electron chi connectivity index (χ3n) is 6.76. The Bertz CT molecular complexity index is 1650. The maximum Gasteiger partial charge on any atom is -0.0152 e. The maximum atomic E-state index is 2.27. The Morgan fingerprint density at radius 2 is 0.861 bits per heavy atom. The Kier molecular flexibility index (Phi) is 6.69. The number of aryl methyl sites for hydroxylation is 4. The van der Waals surface area contributed by atoms with Crippen LogP contribution in [0.5, 0.6) is 0 Å². The van der Waals surface area contributed by atoms with Gasteiger partial charge in [-0.05, 0) is 89.2 Å². The van der Waals surface area contributed by atoms with Crippen LogP contribution in [0.15, 0.2) is 121 Å². The normalized spacial score (nSPS) is 10.8. The zero-order valence-corrected chi connectivity index (χ0v) is 21.5. The summed E-state index contributed by atoms with van der Waals surface area (Å²) in [7, 11) is 0. The van der Waals surface area contributed by atoms with Crippen molar-refractivity contribution in [3.63, 3.8) is 0 Å². The van der Waals surface area contributed by atoms with Crippen molar-refractivity contribution in [3.8, 4) is 22.3 Å². The van der Waals surface area contributed by atoms with Gasteiger partial charge in [0.25, 0.3) is 0 Å². The first kappa shape index (κ1) is 23.6. The Hall–Kier alpha value is -4.16. The van der Waals surface area contributed by atoms with Gasteiger partial charge in [0, 0.05) is 0 Å². The predicted molar refractivity (Wildman–Crippen MR) is 158 cm³/mol. The third kappa shape index (κ3) is 5.24. The average Bonchev–Trinajstić information content (AvgIpc) is 2.89. The van der Waals surface area contributed by atoms with Crippen LogP contribution in [0.25, 0.3) is 43.8 Å². The van der Waals surface area contributed by atoms with E-state index in [1.807, 2.05) is 0 Å². The Morgan fingerprint density at radius 3 is 1.47 bits per heavy atom. The van der Waals surface area contributed by atoms with Crippen molar-refractivity contribution in [2.75, 3.05) is 0 Å². The molecule has 0 radical (unpaired) electrons. The molecule has 176 valence electrons. The van der Waals surface area contributed by atoms with Crippen molar-refractivity contribution in [3.05, 3.63) is 144 Å². The lowest BCUT2D eigenvalue weighted by Crippen LogP contribution is -1.85. The summed E-state index contributed by atoms with van der Waals surface area (Å²) >= 11 is 0. The minimum absolute atomic E-state index is 1.29. The second-order valence-corrected chi connectivity index (χ2v) is 9.82. The summed E-state index contributed by atoms with van der Waals surface area (Å²) in [5.41, 5.74) is 10.5.